The molecule has 0 spiro atoms. The summed E-state index contributed by atoms with van der Waals surface area (Å²) in [6.45, 7) is 3.82. The van der Waals surface area contributed by atoms with Gasteiger partial charge in [-0.3, -0.25) is 4.68 Å². The third kappa shape index (κ3) is 5.60. The predicted molar refractivity (Wildman–Crippen MR) is 140 cm³/mol. The fraction of sp³-hybridized carbons (Fsp3) is 0.296. The Bertz CT molecular complexity index is 1540. The molecule has 1 saturated heterocycles. The van der Waals surface area contributed by atoms with Crippen LogP contribution in [0.2, 0.25) is 0 Å². The predicted octanol–water partition coefficient (Wildman–Crippen LogP) is 3.98. The first-order valence-electron chi connectivity index (χ1n) is 12.0. The average molecular weight is 532 g/mol. The Hall–Kier alpha value is -4.03. The lowest BCUT2D eigenvalue weighted by Crippen LogP contribution is -2.32. The number of likely N-dealkylation sites (tertiary alicyclic amines) is 1. The molecule has 11 heteroatoms. The summed E-state index contributed by atoms with van der Waals surface area (Å²) in [7, 11) is 2.14. The summed E-state index contributed by atoms with van der Waals surface area (Å²) in [5.74, 6) is -0.459. The van der Waals surface area contributed by atoms with Gasteiger partial charge in [0, 0.05) is 32.8 Å². The summed E-state index contributed by atoms with van der Waals surface area (Å²) >= 11 is 1.33. The van der Waals surface area contributed by atoms with Gasteiger partial charge in [-0.1, -0.05) is 11.8 Å². The van der Waals surface area contributed by atoms with E-state index in [0.717, 1.165) is 47.6 Å². The van der Waals surface area contributed by atoms with Crippen molar-refractivity contribution < 1.29 is 14.3 Å². The number of aromatic nitrogens is 4. The first-order valence-corrected chi connectivity index (χ1v) is 12.8. The number of hydrogen-bond acceptors (Lipinski definition) is 8. The molecule has 0 saturated carbocycles. The van der Waals surface area contributed by atoms with Gasteiger partial charge in [0.05, 0.1) is 41.7 Å². The summed E-state index contributed by atoms with van der Waals surface area (Å²) in [6.07, 6.45) is 7.87. The molecular formula is C27H26FN7O2S. The molecular weight excluding hydrogens is 505 g/mol. The summed E-state index contributed by atoms with van der Waals surface area (Å²) in [4.78, 5) is 12.6. The van der Waals surface area contributed by atoms with Crippen molar-refractivity contribution in [2.75, 3.05) is 26.7 Å². The molecule has 1 fully saturated rings. The van der Waals surface area contributed by atoms with Gasteiger partial charge in [-0.2, -0.15) is 20.7 Å². The highest BCUT2D eigenvalue weighted by Gasteiger charge is 2.23. The maximum Gasteiger partial charge on any atom is 0.145 e. The fourth-order valence-corrected chi connectivity index (χ4v) is 5.58. The highest BCUT2D eigenvalue weighted by Crippen LogP contribution is 2.38. The van der Waals surface area contributed by atoms with Crippen LogP contribution in [0.15, 0.2) is 52.6 Å². The van der Waals surface area contributed by atoms with Crippen molar-refractivity contribution >= 4 is 23.6 Å². The van der Waals surface area contributed by atoms with Crippen LogP contribution in [0.5, 0.6) is 0 Å². The van der Waals surface area contributed by atoms with E-state index in [2.05, 4.69) is 40.8 Å². The van der Waals surface area contributed by atoms with E-state index in [4.69, 9.17) is 15.0 Å². The standard InChI is InChI=1S/C25H22FN7S.C2H4O2/c1-16-22(14-30-33(16)21-5-7-31(2)8-6-21)18-10-24(25-19(12-28)13-29-32(25)15-18)34-23-4-3-20(26)9-17(23)11-27;3-1-2-4/h3-4,9-10,13-15,21H,5-8H2,1-2H3;1,4H,2H2. The van der Waals surface area contributed by atoms with Crippen molar-refractivity contribution in [3.8, 4) is 23.3 Å². The molecule has 1 N–H and O–H groups in total. The number of benzene rings is 1. The number of nitrogens with zero attached hydrogens (tertiary/aromatic N) is 7. The Balaban J connectivity index is 0.000000786. The smallest absolute Gasteiger partial charge is 0.145 e. The van der Waals surface area contributed by atoms with Crippen LogP contribution >= 0.6 is 11.8 Å². The lowest BCUT2D eigenvalue weighted by molar-refractivity contribution is -0.110. The van der Waals surface area contributed by atoms with Crippen LogP contribution in [0.1, 0.15) is 35.7 Å². The molecule has 4 heterocycles. The largest absolute Gasteiger partial charge is 0.389 e. The van der Waals surface area contributed by atoms with Crippen LogP contribution in [0.25, 0.3) is 16.6 Å². The van der Waals surface area contributed by atoms with Crippen molar-refractivity contribution in [3.63, 3.8) is 0 Å². The van der Waals surface area contributed by atoms with Gasteiger partial charge in [-0.25, -0.2) is 8.91 Å². The lowest BCUT2D eigenvalue weighted by atomic mass is 10.0. The van der Waals surface area contributed by atoms with Crippen LogP contribution in [0.3, 0.4) is 0 Å². The van der Waals surface area contributed by atoms with Crippen molar-refractivity contribution in [2.45, 2.75) is 35.6 Å². The maximum atomic E-state index is 13.7. The molecule has 0 aliphatic carbocycles. The molecule has 0 bridgehead atoms. The molecule has 1 aliphatic heterocycles. The van der Waals surface area contributed by atoms with E-state index in [9.17, 15) is 14.9 Å². The van der Waals surface area contributed by atoms with Crippen LogP contribution in [0, 0.1) is 35.4 Å². The zero-order chi connectivity index (χ0) is 27.2. The normalized spacial score (nSPS) is 13.9. The van der Waals surface area contributed by atoms with E-state index in [1.807, 2.05) is 18.5 Å². The van der Waals surface area contributed by atoms with E-state index in [1.165, 1.54) is 30.1 Å². The number of piperidine rings is 1. The third-order valence-electron chi connectivity index (χ3n) is 6.44. The topological polar surface area (TPSA) is 123 Å². The zero-order valence-corrected chi connectivity index (χ0v) is 21.8. The van der Waals surface area contributed by atoms with E-state index in [0.29, 0.717) is 28.3 Å². The molecule has 0 atom stereocenters. The number of nitriles is 2. The number of fused-ring (bicyclic) bond motifs is 1. The first-order chi connectivity index (χ1) is 18.4. The minimum absolute atomic E-state index is 0.248. The summed E-state index contributed by atoms with van der Waals surface area (Å²) in [5, 5.41) is 35.7. The Morgan fingerprint density at radius 2 is 1.84 bits per heavy atom. The second kappa shape index (κ2) is 12.0. The monoisotopic (exact) mass is 531 g/mol. The fourth-order valence-electron chi connectivity index (χ4n) is 4.50. The number of rotatable bonds is 5. The zero-order valence-electron chi connectivity index (χ0n) is 21.0. The quantitative estimate of drug-likeness (QED) is 0.384. The first kappa shape index (κ1) is 27.0. The van der Waals surface area contributed by atoms with Gasteiger partial charge in [0.25, 0.3) is 0 Å². The van der Waals surface area contributed by atoms with Crippen molar-refractivity contribution in [3.05, 3.63) is 65.5 Å². The van der Waals surface area contributed by atoms with Crippen LogP contribution in [0.4, 0.5) is 4.39 Å². The number of halogens is 1. The molecule has 5 rings (SSSR count). The SMILES string of the molecule is Cc1c(-c2cc(Sc3ccc(F)cc3C#N)c3c(C#N)cnn3c2)cnn1C1CCN(C)CC1.O=CCO. The van der Waals surface area contributed by atoms with Crippen molar-refractivity contribution in [2.24, 2.45) is 0 Å². The van der Waals surface area contributed by atoms with Gasteiger partial charge in [0.15, 0.2) is 0 Å². The summed E-state index contributed by atoms with van der Waals surface area (Å²) < 4.78 is 17.5. The molecule has 0 amide bonds. The number of aldehydes is 1. The van der Waals surface area contributed by atoms with Crippen molar-refractivity contribution in [1.82, 2.24) is 24.3 Å². The van der Waals surface area contributed by atoms with Crippen LogP contribution in [-0.4, -0.2) is 62.4 Å². The van der Waals surface area contributed by atoms with Gasteiger partial charge >= 0.3 is 0 Å². The highest BCUT2D eigenvalue weighted by molar-refractivity contribution is 7.99. The second-order valence-electron chi connectivity index (χ2n) is 8.88. The molecule has 1 aromatic carbocycles. The molecule has 4 aromatic rings. The van der Waals surface area contributed by atoms with E-state index in [1.54, 1.807) is 10.6 Å². The lowest BCUT2D eigenvalue weighted by Gasteiger charge is -2.29. The minimum Gasteiger partial charge on any atom is -0.389 e. The second-order valence-corrected chi connectivity index (χ2v) is 9.97. The average Bonchev–Trinajstić information content (AvgIpc) is 3.53. The Labute approximate surface area is 223 Å². The minimum atomic E-state index is -0.459. The van der Waals surface area contributed by atoms with E-state index in [-0.39, 0.29) is 12.2 Å². The number of carbonyl (C=O) groups is 1. The molecule has 38 heavy (non-hydrogen) atoms. The Morgan fingerprint density at radius 1 is 1.13 bits per heavy atom. The molecule has 194 valence electrons. The summed E-state index contributed by atoms with van der Waals surface area (Å²) in [5.41, 5.74) is 4.34. The number of carbonyl (C=O) groups excluding carboxylic acids is 1. The number of hydrogen-bond donors (Lipinski definition) is 1. The highest BCUT2D eigenvalue weighted by atomic mass is 32.2. The number of pyridine rings is 1. The maximum absolute atomic E-state index is 13.7. The Morgan fingerprint density at radius 3 is 2.50 bits per heavy atom. The van der Waals surface area contributed by atoms with E-state index < -0.39 is 5.82 Å². The van der Waals surface area contributed by atoms with Crippen molar-refractivity contribution in [1.29, 1.82) is 10.5 Å². The molecule has 1 aliphatic rings. The molecule has 0 radical (unpaired) electrons. The molecule has 3 aromatic heterocycles. The summed E-state index contributed by atoms with van der Waals surface area (Å²) in [6, 6.07) is 10.8. The number of aliphatic hydroxyl groups excluding tert-OH is 1. The molecule has 9 nitrogen and oxygen atoms in total. The van der Waals surface area contributed by atoms with E-state index >= 15 is 0 Å². The van der Waals surface area contributed by atoms with Gasteiger partial charge in [0.1, 0.15) is 24.2 Å². The van der Waals surface area contributed by atoms with Gasteiger partial charge < -0.3 is 14.8 Å². The van der Waals surface area contributed by atoms with Crippen LogP contribution < -0.4 is 0 Å². The van der Waals surface area contributed by atoms with Crippen LogP contribution in [-0.2, 0) is 4.79 Å². The molecule has 0 unspecified atom stereocenters. The Kier molecular flexibility index (Phi) is 8.54. The van der Waals surface area contributed by atoms with Gasteiger partial charge in [-0.05, 0) is 64.2 Å². The van der Waals surface area contributed by atoms with Gasteiger partial charge in [0.2, 0.25) is 0 Å². The van der Waals surface area contributed by atoms with Gasteiger partial charge in [-0.15, -0.1) is 0 Å². The number of aliphatic hydroxyl groups is 1. The third-order valence-corrected chi connectivity index (χ3v) is 7.55.